The van der Waals surface area contributed by atoms with Crippen LogP contribution in [0.15, 0.2) is 23.2 Å². The lowest BCUT2D eigenvalue weighted by Crippen LogP contribution is -2.26. The second-order valence-electron chi connectivity index (χ2n) is 4.61. The summed E-state index contributed by atoms with van der Waals surface area (Å²) in [5.41, 5.74) is 5.54. The molecule has 1 rings (SSSR count). The van der Waals surface area contributed by atoms with Crippen LogP contribution in [-0.2, 0) is 14.8 Å². The Hall–Kier alpha value is -1.18. The summed E-state index contributed by atoms with van der Waals surface area (Å²) in [4.78, 5) is 3.77. The van der Waals surface area contributed by atoms with E-state index in [4.69, 9.17) is 10.5 Å². The Morgan fingerprint density at radius 1 is 1.47 bits per heavy atom. The predicted octanol–water partition coefficient (Wildman–Crippen LogP) is 1.00. The molecule has 3 N–H and O–H groups in total. The summed E-state index contributed by atoms with van der Waals surface area (Å²) in [6, 6.07) is 2.97. The maximum atomic E-state index is 11.9. The van der Waals surface area contributed by atoms with Crippen molar-refractivity contribution in [2.45, 2.75) is 25.2 Å². The standard InChI is InChI=1S/C12H21N3O3S/c1-10(2)9-18-8-4-7-15-19(16,17)11-5-3-6-14-12(11)13/h3,5-6,10,15H,4,7-9H2,1-2H3,(H2,13,14). The number of anilines is 1. The fraction of sp³-hybridized carbons (Fsp3) is 0.583. The SMILES string of the molecule is CC(C)COCCCNS(=O)(=O)c1cccnc1N. The van der Waals surface area contributed by atoms with Crippen LogP contribution < -0.4 is 10.5 Å². The predicted molar refractivity (Wildman–Crippen MR) is 74.1 cm³/mol. The molecule has 7 heteroatoms. The summed E-state index contributed by atoms with van der Waals surface area (Å²) in [6.07, 6.45) is 2.07. The average molecular weight is 287 g/mol. The lowest BCUT2D eigenvalue weighted by Gasteiger charge is -2.09. The molecule has 0 aromatic carbocycles. The van der Waals surface area contributed by atoms with Crippen LogP contribution in [0.5, 0.6) is 0 Å². The van der Waals surface area contributed by atoms with Crippen molar-refractivity contribution in [3.63, 3.8) is 0 Å². The van der Waals surface area contributed by atoms with Gasteiger partial charge in [0.15, 0.2) is 0 Å². The first-order chi connectivity index (χ1) is 8.93. The van der Waals surface area contributed by atoms with Crippen LogP contribution in [-0.4, -0.2) is 33.2 Å². The van der Waals surface area contributed by atoms with Crippen molar-refractivity contribution in [3.8, 4) is 0 Å². The van der Waals surface area contributed by atoms with E-state index in [1.165, 1.54) is 18.3 Å². The molecule has 0 fully saturated rings. The van der Waals surface area contributed by atoms with E-state index < -0.39 is 10.0 Å². The Kier molecular flexibility index (Phi) is 6.20. The Morgan fingerprint density at radius 3 is 2.84 bits per heavy atom. The molecule has 1 aromatic heterocycles. The third-order valence-electron chi connectivity index (χ3n) is 2.30. The van der Waals surface area contributed by atoms with Crippen LogP contribution in [0, 0.1) is 5.92 Å². The molecule has 1 heterocycles. The summed E-state index contributed by atoms with van der Waals surface area (Å²) in [5, 5.41) is 0. The number of nitrogens with zero attached hydrogens (tertiary/aromatic N) is 1. The number of sulfonamides is 1. The molecule has 0 radical (unpaired) electrons. The number of nitrogen functional groups attached to an aromatic ring is 1. The summed E-state index contributed by atoms with van der Waals surface area (Å²) in [5.74, 6) is 0.484. The molecule has 0 aliphatic rings. The highest BCUT2D eigenvalue weighted by molar-refractivity contribution is 7.89. The number of nitrogens with two attached hydrogens (primary N) is 1. The van der Waals surface area contributed by atoms with Gasteiger partial charge in [0, 0.05) is 26.0 Å². The molecule has 0 aliphatic carbocycles. The highest BCUT2D eigenvalue weighted by atomic mass is 32.2. The van der Waals surface area contributed by atoms with Gasteiger partial charge in [0.25, 0.3) is 0 Å². The van der Waals surface area contributed by atoms with Crippen molar-refractivity contribution < 1.29 is 13.2 Å². The molecule has 1 aromatic rings. The van der Waals surface area contributed by atoms with E-state index in [-0.39, 0.29) is 10.7 Å². The molecule has 0 bridgehead atoms. The van der Waals surface area contributed by atoms with E-state index in [0.29, 0.717) is 32.1 Å². The van der Waals surface area contributed by atoms with Crippen molar-refractivity contribution in [3.05, 3.63) is 18.3 Å². The number of rotatable bonds is 8. The Bertz CT molecular complexity index is 489. The van der Waals surface area contributed by atoms with Crippen molar-refractivity contribution in [1.82, 2.24) is 9.71 Å². The topological polar surface area (TPSA) is 94.3 Å². The summed E-state index contributed by atoms with van der Waals surface area (Å²) in [6.45, 7) is 5.65. The van der Waals surface area contributed by atoms with Gasteiger partial charge in [-0.15, -0.1) is 0 Å². The molecule has 0 amide bonds. The third kappa shape index (κ3) is 5.54. The Labute approximate surface area is 114 Å². The van der Waals surface area contributed by atoms with Crippen molar-refractivity contribution in [2.24, 2.45) is 5.92 Å². The van der Waals surface area contributed by atoms with E-state index in [1.807, 2.05) is 0 Å². The van der Waals surface area contributed by atoms with Gasteiger partial charge in [-0.25, -0.2) is 18.1 Å². The molecule has 0 saturated carbocycles. The number of hydrogen-bond acceptors (Lipinski definition) is 5. The first-order valence-electron chi connectivity index (χ1n) is 6.21. The van der Waals surface area contributed by atoms with Gasteiger partial charge in [0.05, 0.1) is 0 Å². The smallest absolute Gasteiger partial charge is 0.244 e. The van der Waals surface area contributed by atoms with Crippen LogP contribution >= 0.6 is 0 Å². The normalized spacial score (nSPS) is 11.9. The van der Waals surface area contributed by atoms with E-state index >= 15 is 0 Å². The Morgan fingerprint density at radius 2 is 2.21 bits per heavy atom. The van der Waals surface area contributed by atoms with Crippen LogP contribution in [0.2, 0.25) is 0 Å². The fourth-order valence-electron chi connectivity index (χ4n) is 1.41. The maximum Gasteiger partial charge on any atom is 0.244 e. The average Bonchev–Trinajstić information content (AvgIpc) is 2.33. The van der Waals surface area contributed by atoms with E-state index in [2.05, 4.69) is 23.6 Å². The lowest BCUT2D eigenvalue weighted by atomic mass is 10.2. The number of pyridine rings is 1. The second kappa shape index (κ2) is 7.42. The molecular weight excluding hydrogens is 266 g/mol. The first kappa shape index (κ1) is 15.9. The number of nitrogens with one attached hydrogen (secondary N) is 1. The molecule has 0 atom stereocenters. The van der Waals surface area contributed by atoms with Gasteiger partial charge >= 0.3 is 0 Å². The van der Waals surface area contributed by atoms with Crippen molar-refractivity contribution in [2.75, 3.05) is 25.5 Å². The highest BCUT2D eigenvalue weighted by Crippen LogP contribution is 2.13. The molecule has 0 spiro atoms. The van der Waals surface area contributed by atoms with E-state index in [9.17, 15) is 8.42 Å². The van der Waals surface area contributed by atoms with Crippen LogP contribution in [0.1, 0.15) is 20.3 Å². The van der Waals surface area contributed by atoms with Crippen LogP contribution in [0.25, 0.3) is 0 Å². The van der Waals surface area contributed by atoms with Crippen LogP contribution in [0.4, 0.5) is 5.82 Å². The quantitative estimate of drug-likeness (QED) is 0.696. The maximum absolute atomic E-state index is 11.9. The highest BCUT2D eigenvalue weighted by Gasteiger charge is 2.16. The molecule has 108 valence electrons. The van der Waals surface area contributed by atoms with E-state index in [1.54, 1.807) is 0 Å². The van der Waals surface area contributed by atoms with Gasteiger partial charge in [0.1, 0.15) is 10.7 Å². The van der Waals surface area contributed by atoms with E-state index in [0.717, 1.165) is 0 Å². The van der Waals surface area contributed by atoms with Gasteiger partial charge in [-0.2, -0.15) is 0 Å². The van der Waals surface area contributed by atoms with Crippen LogP contribution in [0.3, 0.4) is 0 Å². The zero-order chi connectivity index (χ0) is 14.3. The minimum atomic E-state index is -3.59. The zero-order valence-electron chi connectivity index (χ0n) is 11.3. The number of aromatic nitrogens is 1. The largest absolute Gasteiger partial charge is 0.383 e. The molecule has 0 saturated heterocycles. The first-order valence-corrected chi connectivity index (χ1v) is 7.69. The van der Waals surface area contributed by atoms with Gasteiger partial charge in [-0.05, 0) is 24.5 Å². The molecule has 19 heavy (non-hydrogen) atoms. The zero-order valence-corrected chi connectivity index (χ0v) is 12.1. The second-order valence-corrected chi connectivity index (χ2v) is 6.34. The number of hydrogen-bond donors (Lipinski definition) is 2. The minimum Gasteiger partial charge on any atom is -0.383 e. The monoisotopic (exact) mass is 287 g/mol. The van der Waals surface area contributed by atoms with Gasteiger partial charge < -0.3 is 10.5 Å². The lowest BCUT2D eigenvalue weighted by molar-refractivity contribution is 0.108. The minimum absolute atomic E-state index is 0.00561. The summed E-state index contributed by atoms with van der Waals surface area (Å²) < 4.78 is 31.7. The summed E-state index contributed by atoms with van der Waals surface area (Å²) in [7, 11) is -3.59. The van der Waals surface area contributed by atoms with Gasteiger partial charge in [-0.1, -0.05) is 13.8 Å². The van der Waals surface area contributed by atoms with Gasteiger partial charge in [-0.3, -0.25) is 0 Å². The molecular formula is C12H21N3O3S. The molecule has 0 aliphatic heterocycles. The van der Waals surface area contributed by atoms with Crippen molar-refractivity contribution in [1.29, 1.82) is 0 Å². The molecule has 0 unspecified atom stereocenters. The van der Waals surface area contributed by atoms with Gasteiger partial charge in [0.2, 0.25) is 10.0 Å². The number of ether oxygens (including phenoxy) is 1. The van der Waals surface area contributed by atoms with Crippen molar-refractivity contribution >= 4 is 15.8 Å². The summed E-state index contributed by atoms with van der Waals surface area (Å²) >= 11 is 0. The fourth-order valence-corrected chi connectivity index (χ4v) is 2.56. The third-order valence-corrected chi connectivity index (χ3v) is 3.81. The molecule has 6 nitrogen and oxygen atoms in total. The Balaban J connectivity index is 2.38.